The first-order chi connectivity index (χ1) is 8.91. The van der Waals surface area contributed by atoms with Gasteiger partial charge in [0.25, 0.3) is 11.9 Å². The van der Waals surface area contributed by atoms with E-state index in [0.29, 0.717) is 6.42 Å². The minimum absolute atomic E-state index is 0.0882. The number of hydrogen-bond acceptors (Lipinski definition) is 4. The normalized spacial score (nSPS) is 13.8. The molecule has 0 rings (SSSR count). The van der Waals surface area contributed by atoms with Crippen LogP contribution in [0.15, 0.2) is 0 Å². The topological polar surface area (TPSA) is 52.6 Å². The predicted molar refractivity (Wildman–Crippen MR) is 86.5 cm³/mol. The Morgan fingerprint density at radius 2 is 1.40 bits per heavy atom. The molecule has 0 aromatic carbocycles. The van der Waals surface area contributed by atoms with Gasteiger partial charge in [-0.1, -0.05) is 13.3 Å². The summed E-state index contributed by atoms with van der Waals surface area (Å²) >= 11 is 0. The van der Waals surface area contributed by atoms with E-state index in [2.05, 4.69) is 0 Å². The molecule has 0 aliphatic rings. The summed E-state index contributed by atoms with van der Waals surface area (Å²) in [6.45, 7) is 13.9. The third kappa shape index (κ3) is 11.2. The Balaban J connectivity index is 3.85. The summed E-state index contributed by atoms with van der Waals surface area (Å²) in [4.78, 5) is 23.4. The van der Waals surface area contributed by atoms with Gasteiger partial charge in [0.05, 0.1) is 5.92 Å². The number of unbranched alkanes of at least 4 members (excludes halogenated alkanes) is 1. The van der Waals surface area contributed by atoms with Crippen molar-refractivity contribution in [1.29, 1.82) is 0 Å². The van der Waals surface area contributed by atoms with E-state index >= 15 is 0 Å². The van der Waals surface area contributed by atoms with Gasteiger partial charge in [0, 0.05) is 6.42 Å². The highest BCUT2D eigenvalue weighted by Gasteiger charge is 2.24. The van der Waals surface area contributed by atoms with Crippen LogP contribution in [0.1, 0.15) is 32.6 Å². The van der Waals surface area contributed by atoms with Crippen LogP contribution in [0.4, 0.5) is 0 Å². The van der Waals surface area contributed by atoms with Gasteiger partial charge in [-0.05, 0) is 52.1 Å². The lowest BCUT2D eigenvalue weighted by Gasteiger charge is -2.20. The molecule has 0 amide bonds. The molecule has 0 aliphatic carbocycles. The molecule has 0 fully saturated rings. The Morgan fingerprint density at radius 1 is 0.900 bits per heavy atom. The molecule has 0 radical (unpaired) electrons. The molecular formula is C14H30O4Si2. The van der Waals surface area contributed by atoms with Crippen LogP contribution in [0.3, 0.4) is 0 Å². The molecule has 0 bridgehead atoms. The molecule has 0 saturated carbocycles. The summed E-state index contributed by atoms with van der Waals surface area (Å²) in [6.07, 6.45) is 2.83. The second-order valence-corrected chi connectivity index (χ2v) is 16.1. The average molecular weight is 319 g/mol. The summed E-state index contributed by atoms with van der Waals surface area (Å²) in [6, 6.07) is 0. The zero-order valence-corrected chi connectivity index (χ0v) is 16.0. The first-order valence-corrected chi connectivity index (χ1v) is 14.2. The van der Waals surface area contributed by atoms with Gasteiger partial charge in [-0.15, -0.1) is 0 Å². The molecule has 1 unspecified atom stereocenters. The van der Waals surface area contributed by atoms with Gasteiger partial charge in [-0.2, -0.15) is 0 Å². The van der Waals surface area contributed by atoms with Crippen LogP contribution >= 0.6 is 0 Å². The fraction of sp³-hybridized carbons (Fsp3) is 0.857. The van der Waals surface area contributed by atoms with Gasteiger partial charge in [0.15, 0.2) is 0 Å². The molecule has 0 N–H and O–H groups in total. The average Bonchev–Trinajstić information content (AvgIpc) is 2.18. The van der Waals surface area contributed by atoms with E-state index in [0.717, 1.165) is 19.3 Å². The summed E-state index contributed by atoms with van der Waals surface area (Å²) in [5.74, 6) is -0.301. The third-order valence-corrected chi connectivity index (χ3v) is 4.15. The van der Waals surface area contributed by atoms with Gasteiger partial charge >= 0.3 is 0 Å². The van der Waals surface area contributed by atoms with Crippen molar-refractivity contribution in [2.45, 2.75) is 71.9 Å². The van der Waals surface area contributed by atoms with Crippen LogP contribution in [-0.2, 0) is 18.4 Å². The minimum atomic E-state index is -1.79. The van der Waals surface area contributed by atoms with E-state index in [1.54, 1.807) is 0 Å². The minimum Gasteiger partial charge on any atom is -0.520 e. The molecule has 0 aliphatic heterocycles. The molecule has 4 nitrogen and oxygen atoms in total. The van der Waals surface area contributed by atoms with Crippen LogP contribution < -0.4 is 0 Å². The lowest BCUT2D eigenvalue weighted by atomic mass is 10.0. The van der Waals surface area contributed by atoms with E-state index in [-0.39, 0.29) is 17.9 Å². The highest BCUT2D eigenvalue weighted by atomic mass is 28.4. The van der Waals surface area contributed by atoms with Crippen LogP contribution in [0.5, 0.6) is 0 Å². The van der Waals surface area contributed by atoms with Crippen molar-refractivity contribution in [3.05, 3.63) is 0 Å². The molecule has 1 atom stereocenters. The lowest BCUT2D eigenvalue weighted by Crippen LogP contribution is -2.32. The maximum atomic E-state index is 11.8. The van der Waals surface area contributed by atoms with Gasteiger partial charge in [0.1, 0.15) is 0 Å². The SMILES string of the molecule is CC(CCCCC(=O)O[Si](C)(C)C)C(=O)O[Si](C)(C)C. The highest BCUT2D eigenvalue weighted by Crippen LogP contribution is 2.15. The Morgan fingerprint density at radius 3 is 1.85 bits per heavy atom. The molecule has 0 aromatic heterocycles. The van der Waals surface area contributed by atoms with Crippen molar-refractivity contribution >= 4 is 28.6 Å². The molecule has 118 valence electrons. The fourth-order valence-corrected chi connectivity index (χ4v) is 3.22. The van der Waals surface area contributed by atoms with Crippen molar-refractivity contribution in [3.63, 3.8) is 0 Å². The molecule has 0 saturated heterocycles. The Hall–Kier alpha value is -0.626. The van der Waals surface area contributed by atoms with Crippen LogP contribution in [0.25, 0.3) is 0 Å². The number of rotatable bonds is 8. The molecule has 6 heteroatoms. The molecular weight excluding hydrogens is 288 g/mol. The van der Waals surface area contributed by atoms with E-state index in [1.165, 1.54) is 0 Å². The van der Waals surface area contributed by atoms with Crippen molar-refractivity contribution in [2.75, 3.05) is 0 Å². The van der Waals surface area contributed by atoms with E-state index < -0.39 is 16.6 Å². The quantitative estimate of drug-likeness (QED) is 0.502. The standard InChI is InChI=1S/C14H30O4Si2/c1-12(14(16)18-20(5,6)7)10-8-9-11-13(15)17-19(2,3)4/h12H,8-11H2,1-7H3. The van der Waals surface area contributed by atoms with Crippen molar-refractivity contribution < 1.29 is 18.4 Å². The predicted octanol–water partition coefficient (Wildman–Crippen LogP) is 3.94. The number of carbonyl (C=O) groups is 2. The highest BCUT2D eigenvalue weighted by molar-refractivity contribution is 6.71. The first kappa shape index (κ1) is 19.4. The zero-order valence-electron chi connectivity index (χ0n) is 14.0. The molecule has 0 aromatic rings. The van der Waals surface area contributed by atoms with Crippen LogP contribution in [-0.4, -0.2) is 28.6 Å². The fourth-order valence-electron chi connectivity index (χ4n) is 1.63. The Bertz CT molecular complexity index is 329. The van der Waals surface area contributed by atoms with Gasteiger partial charge in [0.2, 0.25) is 16.6 Å². The van der Waals surface area contributed by atoms with Gasteiger partial charge in [-0.25, -0.2) is 0 Å². The smallest absolute Gasteiger partial charge is 0.295 e. The largest absolute Gasteiger partial charge is 0.520 e. The maximum Gasteiger partial charge on any atom is 0.295 e. The summed E-state index contributed by atoms with van der Waals surface area (Å²) in [7, 11) is -3.56. The van der Waals surface area contributed by atoms with Crippen molar-refractivity contribution in [1.82, 2.24) is 0 Å². The van der Waals surface area contributed by atoms with E-state index in [9.17, 15) is 9.59 Å². The van der Waals surface area contributed by atoms with Crippen LogP contribution in [0, 0.1) is 5.92 Å². The Labute approximate surface area is 125 Å². The second kappa shape index (κ2) is 7.97. The van der Waals surface area contributed by atoms with Crippen LogP contribution in [0.2, 0.25) is 39.3 Å². The summed E-state index contributed by atoms with van der Waals surface area (Å²) < 4.78 is 10.8. The zero-order chi connectivity index (χ0) is 16.0. The molecule has 0 heterocycles. The van der Waals surface area contributed by atoms with E-state index in [1.807, 2.05) is 46.2 Å². The van der Waals surface area contributed by atoms with Crippen molar-refractivity contribution in [3.8, 4) is 0 Å². The lowest BCUT2D eigenvalue weighted by molar-refractivity contribution is -0.139. The molecule has 20 heavy (non-hydrogen) atoms. The first-order valence-electron chi connectivity index (χ1n) is 7.35. The number of hydrogen-bond donors (Lipinski definition) is 0. The molecule has 0 spiro atoms. The summed E-state index contributed by atoms with van der Waals surface area (Å²) in [5, 5.41) is 0. The van der Waals surface area contributed by atoms with E-state index in [4.69, 9.17) is 8.85 Å². The second-order valence-electron chi connectivity index (χ2n) is 7.27. The maximum absolute atomic E-state index is 11.8. The van der Waals surface area contributed by atoms with Gasteiger partial charge < -0.3 is 8.85 Å². The van der Waals surface area contributed by atoms with Gasteiger partial charge in [-0.3, -0.25) is 9.59 Å². The van der Waals surface area contributed by atoms with Crippen molar-refractivity contribution in [2.24, 2.45) is 5.92 Å². The number of carbonyl (C=O) groups excluding carboxylic acids is 2. The third-order valence-electron chi connectivity index (χ3n) is 2.50. The monoisotopic (exact) mass is 318 g/mol. The summed E-state index contributed by atoms with van der Waals surface area (Å²) in [5.41, 5.74) is 0. The Kier molecular flexibility index (Phi) is 7.72.